The molecule has 0 aliphatic carbocycles. The van der Waals surface area contributed by atoms with Gasteiger partial charge in [-0.1, -0.05) is 6.07 Å². The Labute approximate surface area is 124 Å². The maximum absolute atomic E-state index is 13.1. The number of amides is 1. The van der Waals surface area contributed by atoms with E-state index in [-0.39, 0.29) is 11.7 Å². The Morgan fingerprint density at radius 3 is 2.76 bits per heavy atom. The van der Waals surface area contributed by atoms with Gasteiger partial charge in [0.15, 0.2) is 0 Å². The Morgan fingerprint density at radius 2 is 2.00 bits per heavy atom. The summed E-state index contributed by atoms with van der Waals surface area (Å²) in [6.07, 6.45) is 1.03. The molecule has 116 valence electrons. The average molecular weight is 294 g/mol. The van der Waals surface area contributed by atoms with Gasteiger partial charge in [0.1, 0.15) is 5.82 Å². The maximum Gasteiger partial charge on any atom is 0.238 e. The molecule has 0 radical (unpaired) electrons. The van der Waals surface area contributed by atoms with Crippen molar-refractivity contribution in [3.63, 3.8) is 0 Å². The van der Waals surface area contributed by atoms with Crippen LogP contribution in [0, 0.1) is 5.82 Å². The summed E-state index contributed by atoms with van der Waals surface area (Å²) in [5.41, 5.74) is 6.07. The number of carbonyl (C=O) groups is 1. The van der Waals surface area contributed by atoms with Crippen LogP contribution in [-0.4, -0.2) is 61.5 Å². The molecule has 0 bridgehead atoms. The predicted octanol–water partition coefficient (Wildman–Crippen LogP) is 0.731. The van der Waals surface area contributed by atoms with Crippen molar-refractivity contribution in [1.82, 2.24) is 9.80 Å². The first-order valence-electron chi connectivity index (χ1n) is 7.37. The van der Waals surface area contributed by atoms with Gasteiger partial charge in [0, 0.05) is 31.9 Å². The van der Waals surface area contributed by atoms with Crippen molar-refractivity contribution in [2.24, 2.45) is 5.73 Å². The fourth-order valence-electron chi connectivity index (χ4n) is 2.56. The highest BCUT2D eigenvalue weighted by atomic mass is 19.1. The molecule has 0 aromatic heterocycles. The number of hydrogen-bond donors (Lipinski definition) is 2. The Bertz CT molecular complexity index is 469. The number of hydrogen-bond acceptors (Lipinski definition) is 4. The van der Waals surface area contributed by atoms with E-state index in [1.54, 1.807) is 12.1 Å². The van der Waals surface area contributed by atoms with E-state index in [1.807, 2.05) is 0 Å². The summed E-state index contributed by atoms with van der Waals surface area (Å²) in [4.78, 5) is 16.5. The molecule has 1 fully saturated rings. The third-order valence-corrected chi connectivity index (χ3v) is 3.60. The van der Waals surface area contributed by atoms with Gasteiger partial charge >= 0.3 is 0 Å². The van der Waals surface area contributed by atoms with Gasteiger partial charge in [-0.3, -0.25) is 9.69 Å². The molecule has 1 aromatic rings. The van der Waals surface area contributed by atoms with E-state index in [2.05, 4.69) is 15.1 Å². The molecule has 1 aromatic carbocycles. The fourth-order valence-corrected chi connectivity index (χ4v) is 2.56. The summed E-state index contributed by atoms with van der Waals surface area (Å²) < 4.78 is 13.1. The highest BCUT2D eigenvalue weighted by Gasteiger charge is 2.16. The molecule has 0 saturated carbocycles. The first-order valence-corrected chi connectivity index (χ1v) is 7.37. The molecule has 1 saturated heterocycles. The molecule has 0 unspecified atom stereocenters. The lowest BCUT2D eigenvalue weighted by Gasteiger charge is -2.20. The van der Waals surface area contributed by atoms with Crippen LogP contribution in [0.4, 0.5) is 10.1 Å². The molecule has 1 aliphatic rings. The zero-order chi connectivity index (χ0) is 15.1. The second-order valence-electron chi connectivity index (χ2n) is 5.32. The van der Waals surface area contributed by atoms with Gasteiger partial charge in [0.25, 0.3) is 0 Å². The van der Waals surface area contributed by atoms with Crippen LogP contribution >= 0.6 is 0 Å². The Morgan fingerprint density at radius 1 is 1.24 bits per heavy atom. The number of halogens is 1. The van der Waals surface area contributed by atoms with Crippen molar-refractivity contribution >= 4 is 11.6 Å². The topological polar surface area (TPSA) is 61.6 Å². The monoisotopic (exact) mass is 294 g/mol. The third-order valence-electron chi connectivity index (χ3n) is 3.60. The second kappa shape index (κ2) is 8.07. The lowest BCUT2D eigenvalue weighted by Crippen LogP contribution is -2.37. The molecule has 3 N–H and O–H groups in total. The van der Waals surface area contributed by atoms with Gasteiger partial charge in [-0.25, -0.2) is 4.39 Å². The van der Waals surface area contributed by atoms with Crippen LogP contribution in [0.5, 0.6) is 0 Å². The minimum atomic E-state index is -0.347. The van der Waals surface area contributed by atoms with Crippen LogP contribution in [0.25, 0.3) is 0 Å². The van der Waals surface area contributed by atoms with Crippen LogP contribution in [0.2, 0.25) is 0 Å². The van der Waals surface area contributed by atoms with Crippen molar-refractivity contribution in [2.45, 2.75) is 6.42 Å². The molecule has 5 nitrogen and oxygen atoms in total. The molecule has 0 spiro atoms. The summed E-state index contributed by atoms with van der Waals surface area (Å²) in [5.74, 6) is -0.451. The maximum atomic E-state index is 13.1. The normalized spacial score (nSPS) is 17.4. The van der Waals surface area contributed by atoms with Crippen LogP contribution in [0.1, 0.15) is 6.42 Å². The van der Waals surface area contributed by atoms with Gasteiger partial charge in [-0.2, -0.15) is 0 Å². The molecule has 21 heavy (non-hydrogen) atoms. The zero-order valence-electron chi connectivity index (χ0n) is 12.2. The highest BCUT2D eigenvalue weighted by molar-refractivity contribution is 5.92. The average Bonchev–Trinajstić information content (AvgIpc) is 2.65. The molecule has 1 aliphatic heterocycles. The zero-order valence-corrected chi connectivity index (χ0v) is 12.2. The van der Waals surface area contributed by atoms with Crippen LogP contribution in [0.3, 0.4) is 0 Å². The van der Waals surface area contributed by atoms with Gasteiger partial charge in [0.2, 0.25) is 5.91 Å². The van der Waals surface area contributed by atoms with E-state index in [9.17, 15) is 9.18 Å². The van der Waals surface area contributed by atoms with Crippen LogP contribution < -0.4 is 11.1 Å². The molecule has 2 rings (SSSR count). The number of nitrogens with zero attached hydrogens (tertiary/aromatic N) is 2. The first-order chi connectivity index (χ1) is 10.2. The summed E-state index contributed by atoms with van der Waals surface area (Å²) in [5, 5.41) is 2.73. The highest BCUT2D eigenvalue weighted by Crippen LogP contribution is 2.09. The van der Waals surface area contributed by atoms with Crippen molar-refractivity contribution in [3.8, 4) is 0 Å². The fraction of sp³-hybridized carbons (Fsp3) is 0.533. The smallest absolute Gasteiger partial charge is 0.238 e. The lowest BCUT2D eigenvalue weighted by atomic mass is 10.3. The molecule has 6 heteroatoms. The predicted molar refractivity (Wildman–Crippen MR) is 81.6 cm³/mol. The van der Waals surface area contributed by atoms with E-state index in [4.69, 9.17) is 5.73 Å². The Hall–Kier alpha value is -1.50. The Kier molecular flexibility index (Phi) is 6.10. The van der Waals surface area contributed by atoms with Crippen molar-refractivity contribution < 1.29 is 9.18 Å². The van der Waals surface area contributed by atoms with E-state index in [1.165, 1.54) is 12.1 Å². The molecular formula is C15H23FN4O. The van der Waals surface area contributed by atoms with Crippen LogP contribution in [-0.2, 0) is 4.79 Å². The quantitative estimate of drug-likeness (QED) is 0.840. The van der Waals surface area contributed by atoms with Gasteiger partial charge in [-0.15, -0.1) is 0 Å². The third kappa shape index (κ3) is 5.41. The van der Waals surface area contributed by atoms with Crippen molar-refractivity contribution in [2.75, 3.05) is 51.1 Å². The van der Waals surface area contributed by atoms with Gasteiger partial charge in [0.05, 0.1) is 6.54 Å². The lowest BCUT2D eigenvalue weighted by molar-refractivity contribution is -0.117. The largest absolute Gasteiger partial charge is 0.329 e. The van der Waals surface area contributed by atoms with Crippen LogP contribution in [0.15, 0.2) is 24.3 Å². The Balaban J connectivity index is 1.80. The van der Waals surface area contributed by atoms with E-state index >= 15 is 0 Å². The summed E-state index contributed by atoms with van der Waals surface area (Å²) in [6, 6.07) is 5.95. The molecule has 1 amide bonds. The summed E-state index contributed by atoms with van der Waals surface area (Å²) in [6.45, 7) is 5.63. The van der Waals surface area contributed by atoms with E-state index in [0.717, 1.165) is 39.1 Å². The standard InChI is InChI=1S/C15H23FN4O/c16-13-3-1-4-14(11-13)18-15(21)12-20-7-2-6-19(8-5-17)9-10-20/h1,3-4,11H,2,5-10,12,17H2,(H,18,21). The molecular weight excluding hydrogens is 271 g/mol. The molecule has 0 atom stereocenters. The van der Waals surface area contributed by atoms with Crippen molar-refractivity contribution in [1.29, 1.82) is 0 Å². The van der Waals surface area contributed by atoms with Gasteiger partial charge < -0.3 is 16.0 Å². The minimum absolute atomic E-state index is 0.104. The number of rotatable bonds is 5. The first kappa shape index (κ1) is 15.9. The number of anilines is 1. The summed E-state index contributed by atoms with van der Waals surface area (Å²) >= 11 is 0. The van der Waals surface area contributed by atoms with Crippen molar-refractivity contribution in [3.05, 3.63) is 30.1 Å². The van der Waals surface area contributed by atoms with Gasteiger partial charge in [-0.05, 0) is 37.7 Å². The number of nitrogens with one attached hydrogen (secondary N) is 1. The number of carbonyl (C=O) groups excluding carboxylic acids is 1. The number of benzene rings is 1. The number of nitrogens with two attached hydrogens (primary N) is 1. The summed E-state index contributed by atoms with van der Waals surface area (Å²) in [7, 11) is 0. The van der Waals surface area contributed by atoms with E-state index < -0.39 is 0 Å². The SMILES string of the molecule is NCCN1CCCN(CC(=O)Nc2cccc(F)c2)CC1. The van der Waals surface area contributed by atoms with E-state index in [0.29, 0.717) is 18.8 Å². The molecule has 1 heterocycles. The second-order valence-corrected chi connectivity index (χ2v) is 5.32. The minimum Gasteiger partial charge on any atom is -0.329 e.